The van der Waals surface area contributed by atoms with Crippen molar-refractivity contribution in [2.24, 2.45) is 0 Å². The summed E-state index contributed by atoms with van der Waals surface area (Å²) < 4.78 is 70.0. The van der Waals surface area contributed by atoms with Crippen molar-refractivity contribution in [3.8, 4) is 0 Å². The Labute approximate surface area is 424 Å². The lowest BCUT2D eigenvalue weighted by molar-refractivity contribution is -0.183. The summed E-state index contributed by atoms with van der Waals surface area (Å²) in [5.74, 6) is -3.26. The number of methoxy groups -OCH3 is 2. The van der Waals surface area contributed by atoms with Gasteiger partial charge in [0.05, 0.1) is 50.7 Å². The smallest absolute Gasteiger partial charge is 0.308 e. The summed E-state index contributed by atoms with van der Waals surface area (Å²) in [6.07, 6.45) is -3.97. The first-order chi connectivity index (χ1) is 32.1. The number of esters is 2. The van der Waals surface area contributed by atoms with Gasteiger partial charge in [0, 0.05) is 53.5 Å². The lowest BCUT2D eigenvalue weighted by atomic mass is 9.89. The molecule has 0 radical (unpaired) electrons. The summed E-state index contributed by atoms with van der Waals surface area (Å²) in [6.45, 7) is 3.52. The summed E-state index contributed by atoms with van der Waals surface area (Å²) in [4.78, 5) is 54.4. The fourth-order valence-corrected chi connectivity index (χ4v) is 11.4. The highest BCUT2D eigenvalue weighted by Crippen LogP contribution is 2.47. The highest BCUT2D eigenvalue weighted by atomic mass is 35.7. The molecule has 68 heavy (non-hydrogen) atoms. The second-order valence-corrected chi connectivity index (χ2v) is 23.2. The van der Waals surface area contributed by atoms with Gasteiger partial charge in [0.15, 0.2) is 0 Å². The van der Waals surface area contributed by atoms with Crippen LogP contribution in [0.3, 0.4) is 0 Å². The van der Waals surface area contributed by atoms with Crippen LogP contribution in [0.15, 0.2) is 97.1 Å². The third-order valence-electron chi connectivity index (χ3n) is 11.3. The summed E-state index contributed by atoms with van der Waals surface area (Å²) in [7, 11) is 5.73. The number of nitrogens with zero attached hydrogens (tertiary/aromatic N) is 2. The normalized spacial score (nSPS) is 21.9. The van der Waals surface area contributed by atoms with Gasteiger partial charge in [-0.3, -0.25) is 19.2 Å². The fourth-order valence-electron chi connectivity index (χ4n) is 8.20. The van der Waals surface area contributed by atoms with E-state index in [1.807, 2.05) is 0 Å². The second-order valence-electron chi connectivity index (χ2n) is 15.8. The number of rotatable bonds is 16. The molecular weight excluding hydrogens is 1050 g/mol. The lowest BCUT2D eigenvalue weighted by Crippen LogP contribution is -2.56. The molecule has 6 rings (SSSR count). The maximum absolute atomic E-state index is 13.7. The monoisotopic (exact) mass is 1090 g/mol. The SMILES string of the molecule is CCC(CS(=O)(=O)Cl)N1C(=O)[C@@H](CC(=O)OC)O[C@H](c2cccc(Cl)c2)[C@H]1c1ccc(Cl)cc1.CCC(CS(=O)(=O)Cl)N1C(=O)[C@H](CC(=O)OC)O[C@H](c2cccc(Cl)c2)[C@H]1c1ccc(Cl)cc1. The van der Waals surface area contributed by atoms with Crippen LogP contribution in [0.1, 0.15) is 86.1 Å². The molecule has 0 bridgehead atoms. The highest BCUT2D eigenvalue weighted by Gasteiger charge is 2.49. The molecule has 4 aromatic carbocycles. The number of halogens is 6. The molecule has 2 saturated heterocycles. The quantitative estimate of drug-likeness (QED) is 0.0767. The Kier molecular flexibility index (Phi) is 19.9. The van der Waals surface area contributed by atoms with E-state index in [4.69, 9.17) is 86.7 Å². The van der Waals surface area contributed by atoms with Crippen LogP contribution < -0.4 is 0 Å². The Balaban J connectivity index is 0.000000254. The van der Waals surface area contributed by atoms with E-state index < -0.39 is 102 Å². The molecule has 0 saturated carbocycles. The average Bonchev–Trinajstić information content (AvgIpc) is 3.28. The predicted molar refractivity (Wildman–Crippen MR) is 261 cm³/mol. The van der Waals surface area contributed by atoms with Crippen LogP contribution in [-0.4, -0.2) is 100 Å². The van der Waals surface area contributed by atoms with Gasteiger partial charge in [0.2, 0.25) is 18.1 Å². The van der Waals surface area contributed by atoms with Gasteiger partial charge in [0.25, 0.3) is 11.8 Å². The Morgan fingerprint density at radius 1 is 0.559 bits per heavy atom. The largest absolute Gasteiger partial charge is 0.469 e. The third kappa shape index (κ3) is 14.7. The van der Waals surface area contributed by atoms with Crippen molar-refractivity contribution in [3.05, 3.63) is 139 Å². The maximum Gasteiger partial charge on any atom is 0.308 e. The number of hydrogen-bond donors (Lipinski definition) is 0. The summed E-state index contributed by atoms with van der Waals surface area (Å²) in [5, 5.41) is 1.91. The van der Waals surface area contributed by atoms with Crippen molar-refractivity contribution in [2.45, 2.75) is 88.1 Å². The topological polar surface area (TPSA) is 180 Å². The zero-order valence-electron chi connectivity index (χ0n) is 37.0. The van der Waals surface area contributed by atoms with Gasteiger partial charge in [-0.2, -0.15) is 0 Å². The van der Waals surface area contributed by atoms with E-state index >= 15 is 0 Å². The minimum Gasteiger partial charge on any atom is -0.469 e. The fraction of sp³-hybridized carbons (Fsp3) is 0.391. The first-order valence-electron chi connectivity index (χ1n) is 21.0. The molecule has 0 aromatic heterocycles. The van der Waals surface area contributed by atoms with Crippen LogP contribution in [0.4, 0.5) is 0 Å². The number of benzene rings is 4. The van der Waals surface area contributed by atoms with Crippen molar-refractivity contribution in [1.82, 2.24) is 9.80 Å². The molecule has 368 valence electrons. The van der Waals surface area contributed by atoms with Gasteiger partial charge >= 0.3 is 11.9 Å². The average molecular weight is 1100 g/mol. The van der Waals surface area contributed by atoms with E-state index in [0.29, 0.717) is 55.2 Å². The zero-order chi connectivity index (χ0) is 50.1. The van der Waals surface area contributed by atoms with Gasteiger partial charge in [-0.05, 0) is 83.6 Å². The number of hydrogen-bond acceptors (Lipinski definition) is 12. The summed E-state index contributed by atoms with van der Waals surface area (Å²) in [5.41, 5.74) is 2.65. The van der Waals surface area contributed by atoms with Crippen molar-refractivity contribution < 1.29 is 55.0 Å². The van der Waals surface area contributed by atoms with Crippen molar-refractivity contribution in [2.75, 3.05) is 25.7 Å². The van der Waals surface area contributed by atoms with Crippen LogP contribution in [0.2, 0.25) is 20.1 Å². The van der Waals surface area contributed by atoms with E-state index in [1.54, 1.807) is 111 Å². The molecule has 2 heterocycles. The van der Waals surface area contributed by atoms with Crippen LogP contribution in [-0.2, 0) is 56.2 Å². The van der Waals surface area contributed by atoms with Crippen LogP contribution in [0, 0.1) is 0 Å². The van der Waals surface area contributed by atoms with E-state index in [-0.39, 0.29) is 12.8 Å². The summed E-state index contributed by atoms with van der Waals surface area (Å²) in [6, 6.07) is 24.6. The number of carbonyl (C=O) groups excluding carboxylic acids is 4. The van der Waals surface area contributed by atoms with Crippen LogP contribution in [0.5, 0.6) is 0 Å². The standard InChI is InChI=1S/2C23H24Cl3NO6S/c2*1-3-18(13-34(26,30)31)27-21(14-7-9-16(24)10-8-14)22(15-5-4-6-17(25)11-15)33-19(23(27)29)12-20(28)32-2/h2*4-11,18-19,21-22H,3,12-13H2,1-2H3/t18?,19-,21+,22+;18?,19-,21-,22-/m01/s1. The Hall–Kier alpha value is -3.68. The molecule has 4 aromatic rings. The minimum atomic E-state index is -3.95. The molecule has 8 atom stereocenters. The predicted octanol–water partition coefficient (Wildman–Crippen LogP) is 9.83. The van der Waals surface area contributed by atoms with E-state index in [9.17, 15) is 36.0 Å². The van der Waals surface area contributed by atoms with E-state index in [1.165, 1.54) is 24.0 Å². The molecule has 2 fully saturated rings. The first-order valence-corrected chi connectivity index (χ1v) is 27.5. The molecule has 14 nitrogen and oxygen atoms in total. The third-order valence-corrected chi connectivity index (χ3v) is 14.6. The van der Waals surface area contributed by atoms with Gasteiger partial charge < -0.3 is 28.7 Å². The molecule has 2 amide bonds. The number of amides is 2. The molecule has 0 N–H and O–H groups in total. The second kappa shape index (κ2) is 24.4. The van der Waals surface area contributed by atoms with Gasteiger partial charge in [-0.25, -0.2) is 16.8 Å². The number of ether oxygens (including phenoxy) is 4. The van der Waals surface area contributed by atoms with Crippen molar-refractivity contribution in [1.29, 1.82) is 0 Å². The number of morpholine rings is 2. The Morgan fingerprint density at radius 2 is 0.897 bits per heavy atom. The van der Waals surface area contributed by atoms with Crippen LogP contribution >= 0.6 is 67.8 Å². The maximum atomic E-state index is 13.7. The zero-order valence-corrected chi connectivity index (χ0v) is 43.1. The Morgan fingerprint density at radius 3 is 1.18 bits per heavy atom. The molecule has 2 aliphatic rings. The van der Waals surface area contributed by atoms with Gasteiger partial charge in [-0.1, -0.05) is 109 Å². The van der Waals surface area contributed by atoms with Crippen molar-refractivity contribution >= 4 is 110 Å². The lowest BCUT2D eigenvalue weighted by Gasteiger charge is -2.47. The van der Waals surface area contributed by atoms with Crippen LogP contribution in [0.25, 0.3) is 0 Å². The molecule has 0 spiro atoms. The first kappa shape index (κ1) is 55.2. The van der Waals surface area contributed by atoms with Crippen molar-refractivity contribution in [3.63, 3.8) is 0 Å². The van der Waals surface area contributed by atoms with E-state index in [2.05, 4.69) is 0 Å². The highest BCUT2D eigenvalue weighted by molar-refractivity contribution is 8.14. The molecular formula is C46H48Cl6N2O12S2. The number of carbonyl (C=O) groups is 4. The van der Waals surface area contributed by atoms with E-state index in [0.717, 1.165) is 0 Å². The molecule has 0 aliphatic carbocycles. The molecule has 2 aliphatic heterocycles. The van der Waals surface area contributed by atoms with Gasteiger partial charge in [0.1, 0.15) is 24.4 Å². The minimum absolute atomic E-state index is 0.301. The van der Waals surface area contributed by atoms with Gasteiger partial charge in [-0.15, -0.1) is 0 Å². The summed E-state index contributed by atoms with van der Waals surface area (Å²) >= 11 is 24.7. The molecule has 22 heteroatoms. The molecule has 2 unspecified atom stereocenters. The Bertz CT molecular complexity index is 2460.